The summed E-state index contributed by atoms with van der Waals surface area (Å²) >= 11 is 1.85. The second-order valence-corrected chi connectivity index (χ2v) is 5.57. The molecule has 2 aromatic rings. The Hall–Kier alpha value is -1.15. The van der Waals surface area contributed by atoms with Gasteiger partial charge in [0.15, 0.2) is 0 Å². The van der Waals surface area contributed by atoms with E-state index in [4.69, 9.17) is 4.74 Å². The van der Waals surface area contributed by atoms with Crippen molar-refractivity contribution < 1.29 is 4.74 Å². The number of thioether (sulfide) groups is 1. The van der Waals surface area contributed by atoms with Crippen LogP contribution < -0.4 is 4.74 Å². The van der Waals surface area contributed by atoms with Crippen molar-refractivity contribution in [2.24, 2.45) is 0 Å². The summed E-state index contributed by atoms with van der Waals surface area (Å²) in [6.45, 7) is 4.40. The standard InChI is InChI=1S/C14H16OS/c1-10(2)16-14-12-7-5-4-6-11(12)8-9-13(14)15-3/h4-10H,1-3H3. The molecule has 0 bridgehead atoms. The first-order valence-electron chi connectivity index (χ1n) is 5.44. The van der Waals surface area contributed by atoms with Gasteiger partial charge in [0, 0.05) is 5.25 Å². The zero-order valence-corrected chi connectivity index (χ0v) is 10.7. The first kappa shape index (κ1) is 11.3. The summed E-state index contributed by atoms with van der Waals surface area (Å²) in [6.07, 6.45) is 0. The van der Waals surface area contributed by atoms with Gasteiger partial charge >= 0.3 is 0 Å². The summed E-state index contributed by atoms with van der Waals surface area (Å²) in [5.74, 6) is 0.970. The van der Waals surface area contributed by atoms with Gasteiger partial charge in [-0.1, -0.05) is 44.2 Å². The van der Waals surface area contributed by atoms with E-state index in [-0.39, 0.29) is 0 Å². The van der Waals surface area contributed by atoms with E-state index in [1.54, 1.807) is 7.11 Å². The fraction of sp³-hybridized carbons (Fsp3) is 0.286. The zero-order valence-electron chi connectivity index (χ0n) is 9.86. The van der Waals surface area contributed by atoms with Crippen molar-refractivity contribution in [2.75, 3.05) is 7.11 Å². The van der Waals surface area contributed by atoms with E-state index in [0.29, 0.717) is 5.25 Å². The molecule has 0 spiro atoms. The van der Waals surface area contributed by atoms with Gasteiger partial charge < -0.3 is 4.74 Å². The minimum absolute atomic E-state index is 0.555. The van der Waals surface area contributed by atoms with Crippen LogP contribution in [0.1, 0.15) is 13.8 Å². The van der Waals surface area contributed by atoms with Gasteiger partial charge in [0.1, 0.15) is 5.75 Å². The number of benzene rings is 2. The van der Waals surface area contributed by atoms with E-state index in [1.165, 1.54) is 15.7 Å². The molecule has 0 aliphatic rings. The maximum atomic E-state index is 5.43. The molecule has 0 N–H and O–H groups in total. The smallest absolute Gasteiger partial charge is 0.133 e. The highest BCUT2D eigenvalue weighted by atomic mass is 32.2. The molecular weight excluding hydrogens is 216 g/mol. The molecule has 2 rings (SSSR count). The molecular formula is C14H16OS. The zero-order chi connectivity index (χ0) is 11.5. The molecule has 0 heterocycles. The highest BCUT2D eigenvalue weighted by Crippen LogP contribution is 2.38. The van der Waals surface area contributed by atoms with Crippen LogP contribution in [-0.4, -0.2) is 12.4 Å². The van der Waals surface area contributed by atoms with Gasteiger partial charge in [-0.3, -0.25) is 0 Å². The molecule has 0 aliphatic carbocycles. The Morgan fingerprint density at radius 2 is 1.81 bits per heavy atom. The lowest BCUT2D eigenvalue weighted by Crippen LogP contribution is -1.92. The van der Waals surface area contributed by atoms with E-state index < -0.39 is 0 Å². The number of ether oxygens (including phenoxy) is 1. The van der Waals surface area contributed by atoms with Crippen LogP contribution in [0, 0.1) is 0 Å². The van der Waals surface area contributed by atoms with Gasteiger partial charge in [0.2, 0.25) is 0 Å². The third kappa shape index (κ3) is 2.17. The second-order valence-electron chi connectivity index (χ2n) is 3.98. The molecule has 0 fully saturated rings. The maximum Gasteiger partial charge on any atom is 0.133 e. The van der Waals surface area contributed by atoms with Crippen LogP contribution in [0.3, 0.4) is 0 Å². The Balaban J connectivity index is 2.63. The van der Waals surface area contributed by atoms with Gasteiger partial charge in [-0.15, -0.1) is 11.8 Å². The Morgan fingerprint density at radius 3 is 2.50 bits per heavy atom. The number of hydrogen-bond donors (Lipinski definition) is 0. The predicted octanol–water partition coefficient (Wildman–Crippen LogP) is 4.35. The summed E-state index contributed by atoms with van der Waals surface area (Å²) in [5, 5.41) is 3.10. The SMILES string of the molecule is COc1ccc2ccccc2c1SC(C)C. The monoisotopic (exact) mass is 232 g/mol. The topological polar surface area (TPSA) is 9.23 Å². The number of rotatable bonds is 3. The fourth-order valence-corrected chi connectivity index (χ4v) is 2.79. The van der Waals surface area contributed by atoms with Crippen molar-refractivity contribution in [3.05, 3.63) is 36.4 Å². The lowest BCUT2D eigenvalue weighted by molar-refractivity contribution is 0.406. The lowest BCUT2D eigenvalue weighted by atomic mass is 10.1. The third-order valence-electron chi connectivity index (χ3n) is 2.42. The van der Waals surface area contributed by atoms with Crippen LogP contribution in [-0.2, 0) is 0 Å². The van der Waals surface area contributed by atoms with Crippen molar-refractivity contribution in [1.29, 1.82) is 0 Å². The molecule has 0 radical (unpaired) electrons. The lowest BCUT2D eigenvalue weighted by Gasteiger charge is -2.13. The van der Waals surface area contributed by atoms with Gasteiger partial charge in [0.25, 0.3) is 0 Å². The molecule has 0 unspecified atom stereocenters. The summed E-state index contributed by atoms with van der Waals surface area (Å²) < 4.78 is 5.43. The van der Waals surface area contributed by atoms with E-state index in [1.807, 2.05) is 17.8 Å². The van der Waals surface area contributed by atoms with Crippen LogP contribution in [0.15, 0.2) is 41.3 Å². The molecule has 0 saturated carbocycles. The van der Waals surface area contributed by atoms with Crippen molar-refractivity contribution >= 4 is 22.5 Å². The second kappa shape index (κ2) is 4.79. The number of methoxy groups -OCH3 is 1. The minimum Gasteiger partial charge on any atom is -0.496 e. The average Bonchev–Trinajstić information content (AvgIpc) is 2.29. The molecule has 0 amide bonds. The van der Waals surface area contributed by atoms with Crippen LogP contribution in [0.4, 0.5) is 0 Å². The Labute approximate surface area is 101 Å². The third-order valence-corrected chi connectivity index (χ3v) is 3.55. The Kier molecular flexibility index (Phi) is 3.39. The summed E-state index contributed by atoms with van der Waals surface area (Å²) in [4.78, 5) is 1.25. The summed E-state index contributed by atoms with van der Waals surface area (Å²) in [5.41, 5.74) is 0. The van der Waals surface area contributed by atoms with Crippen molar-refractivity contribution in [3.8, 4) is 5.75 Å². The largest absolute Gasteiger partial charge is 0.496 e. The first-order valence-corrected chi connectivity index (χ1v) is 6.32. The van der Waals surface area contributed by atoms with E-state index >= 15 is 0 Å². The highest BCUT2D eigenvalue weighted by Gasteiger charge is 2.09. The summed E-state index contributed by atoms with van der Waals surface area (Å²) in [7, 11) is 1.73. The molecule has 1 nitrogen and oxygen atoms in total. The van der Waals surface area contributed by atoms with E-state index in [0.717, 1.165) is 5.75 Å². The van der Waals surface area contributed by atoms with Gasteiger partial charge in [-0.05, 0) is 16.8 Å². The van der Waals surface area contributed by atoms with E-state index in [9.17, 15) is 0 Å². The summed E-state index contributed by atoms with van der Waals surface area (Å²) in [6, 6.07) is 12.6. The van der Waals surface area contributed by atoms with Crippen LogP contribution in [0.25, 0.3) is 10.8 Å². The first-order chi connectivity index (χ1) is 7.72. The molecule has 2 aromatic carbocycles. The fourth-order valence-electron chi connectivity index (χ4n) is 1.74. The molecule has 0 atom stereocenters. The van der Waals surface area contributed by atoms with Crippen LogP contribution in [0.2, 0.25) is 0 Å². The molecule has 0 saturated heterocycles. The number of fused-ring (bicyclic) bond motifs is 1. The average molecular weight is 232 g/mol. The number of hydrogen-bond acceptors (Lipinski definition) is 2. The molecule has 2 heteroatoms. The predicted molar refractivity (Wildman–Crippen MR) is 71.5 cm³/mol. The molecule has 84 valence electrons. The normalized spacial score (nSPS) is 11.0. The van der Waals surface area contributed by atoms with Crippen molar-refractivity contribution in [2.45, 2.75) is 24.0 Å². The van der Waals surface area contributed by atoms with Gasteiger partial charge in [-0.2, -0.15) is 0 Å². The highest BCUT2D eigenvalue weighted by molar-refractivity contribution is 8.00. The van der Waals surface area contributed by atoms with Crippen molar-refractivity contribution in [3.63, 3.8) is 0 Å². The molecule has 0 aliphatic heterocycles. The van der Waals surface area contributed by atoms with Gasteiger partial charge in [-0.25, -0.2) is 0 Å². The van der Waals surface area contributed by atoms with Gasteiger partial charge in [0.05, 0.1) is 12.0 Å². The van der Waals surface area contributed by atoms with Crippen molar-refractivity contribution in [1.82, 2.24) is 0 Å². The Bertz CT molecular complexity index is 491. The quantitative estimate of drug-likeness (QED) is 0.728. The minimum atomic E-state index is 0.555. The molecule has 16 heavy (non-hydrogen) atoms. The maximum absolute atomic E-state index is 5.43. The van der Waals surface area contributed by atoms with E-state index in [2.05, 4.69) is 44.2 Å². The Morgan fingerprint density at radius 1 is 1.06 bits per heavy atom. The van der Waals surface area contributed by atoms with Crippen LogP contribution in [0.5, 0.6) is 5.75 Å². The van der Waals surface area contributed by atoms with Crippen LogP contribution >= 0.6 is 11.8 Å². The molecule has 0 aromatic heterocycles.